The van der Waals surface area contributed by atoms with Crippen LogP contribution in [0.3, 0.4) is 0 Å². The summed E-state index contributed by atoms with van der Waals surface area (Å²) in [6.45, 7) is 3.65. The summed E-state index contributed by atoms with van der Waals surface area (Å²) in [5, 5.41) is 36.6. The van der Waals surface area contributed by atoms with E-state index >= 15 is 0 Å². The maximum absolute atomic E-state index is 13.0. The van der Waals surface area contributed by atoms with Crippen molar-refractivity contribution in [3.8, 4) is 11.5 Å². The van der Waals surface area contributed by atoms with Crippen LogP contribution in [0.15, 0.2) is 52.0 Å². The minimum Gasteiger partial charge on any atom is -0.508 e. The highest BCUT2D eigenvalue weighted by atomic mass is 79.9. The number of amides is 3. The van der Waals surface area contributed by atoms with Crippen LogP contribution in [0, 0.1) is 0 Å². The van der Waals surface area contributed by atoms with Crippen LogP contribution in [0.5, 0.6) is 11.5 Å². The van der Waals surface area contributed by atoms with Gasteiger partial charge in [-0.05, 0) is 78.2 Å². The molecule has 0 saturated carbocycles. The zero-order chi connectivity index (χ0) is 29.9. The summed E-state index contributed by atoms with van der Waals surface area (Å²) in [5.74, 6) is -2.34. The lowest BCUT2D eigenvalue weighted by molar-refractivity contribution is -0.139. The number of carbonyl (C=O) groups excluding carboxylic acids is 3. The number of hydrogen-bond donors (Lipinski definition) is 6. The number of aliphatic carboxylic acids is 1. The summed E-state index contributed by atoms with van der Waals surface area (Å²) in [6, 6.07) is 8.11. The number of nitrogens with one attached hydrogen (secondary N) is 3. The maximum Gasteiger partial charge on any atom is 0.408 e. The molecule has 0 fully saturated rings. The maximum atomic E-state index is 13.0. The molecule has 0 aromatic heterocycles. The first-order valence-electron chi connectivity index (χ1n) is 11.9. The molecule has 2 atom stereocenters. The van der Waals surface area contributed by atoms with E-state index in [1.165, 1.54) is 24.4 Å². The Bertz CT molecular complexity index is 1230. The molecule has 3 amide bonds. The van der Waals surface area contributed by atoms with Crippen molar-refractivity contribution in [1.82, 2.24) is 16.1 Å². The lowest BCUT2D eigenvalue weighted by Gasteiger charge is -2.24. The fourth-order valence-corrected chi connectivity index (χ4v) is 3.61. The molecule has 0 spiro atoms. The van der Waals surface area contributed by atoms with E-state index in [2.05, 4.69) is 37.1 Å². The van der Waals surface area contributed by atoms with E-state index in [1.807, 2.05) is 0 Å². The lowest BCUT2D eigenvalue weighted by Crippen LogP contribution is -2.55. The third-order valence-electron chi connectivity index (χ3n) is 4.89. The monoisotopic (exact) mass is 622 g/mol. The molecule has 2 aromatic carbocycles. The van der Waals surface area contributed by atoms with Crippen molar-refractivity contribution in [3.05, 3.63) is 58.1 Å². The zero-order valence-electron chi connectivity index (χ0n) is 22.0. The Morgan fingerprint density at radius 3 is 2.27 bits per heavy atom. The smallest absolute Gasteiger partial charge is 0.408 e. The fourth-order valence-electron chi connectivity index (χ4n) is 3.10. The number of hydrogen-bond acceptors (Lipinski definition) is 9. The van der Waals surface area contributed by atoms with E-state index in [-0.39, 0.29) is 12.2 Å². The van der Waals surface area contributed by atoms with Gasteiger partial charge >= 0.3 is 12.1 Å². The number of carboxylic acid groups (broad SMARTS) is 1. The van der Waals surface area contributed by atoms with Crippen molar-refractivity contribution in [1.29, 1.82) is 0 Å². The van der Waals surface area contributed by atoms with Gasteiger partial charge in [-0.3, -0.25) is 9.59 Å². The second kappa shape index (κ2) is 14.8. The quantitative estimate of drug-likeness (QED) is 0.151. The highest BCUT2D eigenvalue weighted by molar-refractivity contribution is 9.10. The van der Waals surface area contributed by atoms with Crippen LogP contribution >= 0.6 is 15.9 Å². The van der Waals surface area contributed by atoms with Gasteiger partial charge in [0.2, 0.25) is 5.91 Å². The number of alkyl carbamates (subject to hydrolysis) is 1. The zero-order valence-corrected chi connectivity index (χ0v) is 23.6. The normalized spacial score (nSPS) is 12.7. The SMILES string of the molecule is CC(C)(C)OC(=O)N[C@@H](CO)C(=O)N[C@@H](Cc1ccc(O)cc1)C(=O)N/N=C\c1ccc(OCC(=O)O)c(Br)c1. The van der Waals surface area contributed by atoms with E-state index in [0.717, 1.165) is 0 Å². The number of nitrogens with zero attached hydrogens (tertiary/aromatic N) is 1. The van der Waals surface area contributed by atoms with Crippen molar-refractivity contribution in [2.75, 3.05) is 13.2 Å². The van der Waals surface area contributed by atoms with Gasteiger partial charge in [0.05, 0.1) is 17.3 Å². The van der Waals surface area contributed by atoms with E-state index in [4.69, 9.17) is 14.6 Å². The Hall–Kier alpha value is -4.17. The molecule has 0 aliphatic heterocycles. The minimum absolute atomic E-state index is 0.000872. The van der Waals surface area contributed by atoms with Crippen LogP contribution < -0.4 is 20.8 Å². The molecule has 216 valence electrons. The van der Waals surface area contributed by atoms with E-state index < -0.39 is 54.8 Å². The Labute approximate surface area is 238 Å². The number of halogens is 1. The van der Waals surface area contributed by atoms with Crippen LogP contribution in [0.25, 0.3) is 0 Å². The molecule has 2 aromatic rings. The number of ether oxygens (including phenoxy) is 2. The van der Waals surface area contributed by atoms with Crippen LogP contribution in [0.2, 0.25) is 0 Å². The van der Waals surface area contributed by atoms with Crippen LogP contribution in [0.4, 0.5) is 4.79 Å². The van der Waals surface area contributed by atoms with Gasteiger partial charge < -0.3 is 35.4 Å². The molecule has 0 radical (unpaired) electrons. The molecule has 6 N–H and O–H groups in total. The highest BCUT2D eigenvalue weighted by Gasteiger charge is 2.28. The van der Waals surface area contributed by atoms with E-state index in [9.17, 15) is 29.4 Å². The predicted molar refractivity (Wildman–Crippen MR) is 147 cm³/mol. The van der Waals surface area contributed by atoms with Gasteiger partial charge in [0.15, 0.2) is 6.61 Å². The number of phenols is 1. The number of phenolic OH excluding ortho intramolecular Hbond substituents is 1. The van der Waals surface area contributed by atoms with Gasteiger partial charge in [-0.2, -0.15) is 5.10 Å². The standard InChI is InChI=1S/C26H31BrN4O9/c1-26(2,3)40-25(38)30-20(13-32)23(36)29-19(11-15-4-7-17(33)8-5-15)24(37)31-28-12-16-6-9-21(18(27)10-16)39-14-22(34)35/h4-10,12,19-20,32-33H,11,13-14H2,1-3H3,(H,29,36)(H,30,38)(H,31,37)(H,34,35)/b28-12-/t19-,20-/m0/s1. The Morgan fingerprint density at radius 2 is 1.70 bits per heavy atom. The fraction of sp³-hybridized carbons (Fsp3) is 0.346. The summed E-state index contributed by atoms with van der Waals surface area (Å²) in [6.07, 6.45) is 0.402. The van der Waals surface area contributed by atoms with Gasteiger partial charge in [0.1, 0.15) is 29.2 Å². The average molecular weight is 623 g/mol. The predicted octanol–water partition coefficient (Wildman–Crippen LogP) is 1.68. The molecule has 0 bridgehead atoms. The number of carbonyl (C=O) groups is 4. The average Bonchev–Trinajstić information content (AvgIpc) is 2.86. The second-order valence-electron chi connectivity index (χ2n) is 9.42. The number of hydrazone groups is 1. The molecule has 0 heterocycles. The van der Waals surface area contributed by atoms with Crippen molar-refractivity contribution in [2.45, 2.75) is 44.9 Å². The number of rotatable bonds is 12. The molecular weight excluding hydrogens is 592 g/mol. The molecule has 0 aliphatic rings. The molecule has 14 heteroatoms. The first kappa shape index (κ1) is 32.0. The third kappa shape index (κ3) is 11.3. The van der Waals surface area contributed by atoms with Gasteiger partial charge in [-0.15, -0.1) is 0 Å². The first-order chi connectivity index (χ1) is 18.8. The van der Waals surface area contributed by atoms with Gasteiger partial charge in [-0.1, -0.05) is 12.1 Å². The molecule has 0 saturated heterocycles. The molecule has 13 nitrogen and oxygen atoms in total. The van der Waals surface area contributed by atoms with Crippen LogP contribution in [0.1, 0.15) is 31.9 Å². The second-order valence-corrected chi connectivity index (χ2v) is 10.3. The Morgan fingerprint density at radius 1 is 1.02 bits per heavy atom. The number of carboxylic acids is 1. The number of aromatic hydroxyl groups is 1. The Balaban J connectivity index is 2.13. The summed E-state index contributed by atoms with van der Waals surface area (Å²) in [7, 11) is 0. The van der Waals surface area contributed by atoms with Crippen molar-refractivity contribution >= 4 is 46.0 Å². The van der Waals surface area contributed by atoms with Crippen LogP contribution in [-0.4, -0.2) is 76.3 Å². The van der Waals surface area contributed by atoms with Gasteiger partial charge in [-0.25, -0.2) is 15.0 Å². The van der Waals surface area contributed by atoms with E-state index in [0.29, 0.717) is 21.3 Å². The van der Waals surface area contributed by atoms with E-state index in [1.54, 1.807) is 45.0 Å². The summed E-state index contributed by atoms with van der Waals surface area (Å²) >= 11 is 3.27. The summed E-state index contributed by atoms with van der Waals surface area (Å²) in [5.41, 5.74) is 2.65. The topological polar surface area (TPSA) is 196 Å². The van der Waals surface area contributed by atoms with Gasteiger partial charge in [0, 0.05) is 6.42 Å². The molecule has 0 aliphatic carbocycles. The summed E-state index contributed by atoms with van der Waals surface area (Å²) < 4.78 is 10.7. The molecular formula is C26H31BrN4O9. The summed E-state index contributed by atoms with van der Waals surface area (Å²) in [4.78, 5) is 48.6. The number of benzene rings is 2. The van der Waals surface area contributed by atoms with Crippen molar-refractivity contribution in [2.24, 2.45) is 5.10 Å². The molecule has 40 heavy (non-hydrogen) atoms. The minimum atomic E-state index is -1.40. The van der Waals surface area contributed by atoms with Crippen LogP contribution in [-0.2, 0) is 25.5 Å². The van der Waals surface area contributed by atoms with Crippen molar-refractivity contribution < 1.29 is 44.0 Å². The number of aliphatic hydroxyl groups is 1. The first-order valence-corrected chi connectivity index (χ1v) is 12.7. The largest absolute Gasteiger partial charge is 0.508 e. The Kier molecular flexibility index (Phi) is 11.9. The molecule has 0 unspecified atom stereocenters. The number of aliphatic hydroxyl groups excluding tert-OH is 1. The lowest BCUT2D eigenvalue weighted by atomic mass is 10.0. The van der Waals surface area contributed by atoms with Crippen molar-refractivity contribution in [3.63, 3.8) is 0 Å². The van der Waals surface area contributed by atoms with Gasteiger partial charge in [0.25, 0.3) is 5.91 Å². The molecule has 2 rings (SSSR count). The third-order valence-corrected chi connectivity index (χ3v) is 5.51. The highest BCUT2D eigenvalue weighted by Crippen LogP contribution is 2.25.